The van der Waals surface area contributed by atoms with Gasteiger partial charge in [0, 0.05) is 38.0 Å². The summed E-state index contributed by atoms with van der Waals surface area (Å²) in [6, 6.07) is 0. The van der Waals surface area contributed by atoms with Crippen molar-refractivity contribution in [3.63, 3.8) is 0 Å². The first-order chi connectivity index (χ1) is 14.6. The lowest BCUT2D eigenvalue weighted by atomic mass is 9.47. The highest BCUT2D eigenvalue weighted by Gasteiger charge is 2.63. The van der Waals surface area contributed by atoms with Crippen molar-refractivity contribution in [1.29, 1.82) is 0 Å². The molecule has 4 aliphatic rings. The van der Waals surface area contributed by atoms with E-state index in [-0.39, 0.29) is 53.3 Å². The van der Waals surface area contributed by atoms with E-state index in [0.717, 1.165) is 30.4 Å². The molecule has 0 radical (unpaired) electrons. The molecule has 6 heteroatoms. The van der Waals surface area contributed by atoms with E-state index in [9.17, 15) is 19.2 Å². The minimum absolute atomic E-state index is 0.0931. The van der Waals surface area contributed by atoms with Crippen LogP contribution in [0, 0.1) is 28.6 Å². The van der Waals surface area contributed by atoms with Crippen LogP contribution in [0.25, 0.3) is 0 Å². The number of allylic oxidation sites excluding steroid dienone is 1. The lowest BCUT2D eigenvalue weighted by Crippen LogP contribution is -2.54. The highest BCUT2D eigenvalue weighted by molar-refractivity contribution is 5.93. The summed E-state index contributed by atoms with van der Waals surface area (Å²) in [6.07, 6.45) is 7.26. The predicted molar refractivity (Wildman–Crippen MR) is 113 cm³/mol. The molecule has 0 amide bonds. The predicted octanol–water partition coefficient (Wildman–Crippen LogP) is 3.73. The molecule has 31 heavy (non-hydrogen) atoms. The Kier molecular flexibility index (Phi) is 5.47. The van der Waals surface area contributed by atoms with Gasteiger partial charge in [-0.15, -0.1) is 0 Å². The number of carbonyl (C=O) groups is 4. The van der Waals surface area contributed by atoms with E-state index in [4.69, 9.17) is 9.47 Å². The molecule has 168 valence electrons. The summed E-state index contributed by atoms with van der Waals surface area (Å²) in [5.41, 5.74) is 1.38. The van der Waals surface area contributed by atoms with Gasteiger partial charge in [0.15, 0.2) is 5.78 Å². The first-order valence-corrected chi connectivity index (χ1v) is 11.3. The third-order valence-corrected chi connectivity index (χ3v) is 8.42. The second kappa shape index (κ2) is 7.72. The Balaban J connectivity index is 1.70. The molecule has 6 nitrogen and oxygen atoms in total. The molecule has 0 N–H and O–H groups in total. The third-order valence-electron chi connectivity index (χ3n) is 8.42. The number of fused-ring (bicyclic) bond motifs is 5. The summed E-state index contributed by atoms with van der Waals surface area (Å²) in [7, 11) is 0. The Labute approximate surface area is 183 Å². The largest absolute Gasteiger partial charge is 0.462 e. The van der Waals surface area contributed by atoms with Gasteiger partial charge in [-0.25, -0.2) is 0 Å². The fourth-order valence-electron chi connectivity index (χ4n) is 7.15. The molecule has 0 bridgehead atoms. The van der Waals surface area contributed by atoms with Crippen molar-refractivity contribution in [1.82, 2.24) is 0 Å². The van der Waals surface area contributed by atoms with Crippen LogP contribution in [-0.4, -0.2) is 36.2 Å². The maximum atomic E-state index is 13.6. The Morgan fingerprint density at radius 3 is 2.55 bits per heavy atom. The maximum absolute atomic E-state index is 13.6. The molecule has 0 aromatic rings. The minimum Gasteiger partial charge on any atom is -0.462 e. The zero-order chi connectivity index (χ0) is 22.6. The van der Waals surface area contributed by atoms with Crippen molar-refractivity contribution in [2.45, 2.75) is 72.3 Å². The highest BCUT2D eigenvalue weighted by atomic mass is 16.5. The van der Waals surface area contributed by atoms with E-state index >= 15 is 0 Å². The van der Waals surface area contributed by atoms with Crippen LogP contribution in [0.2, 0.25) is 0 Å². The molecular weight excluding hydrogens is 396 g/mol. The summed E-state index contributed by atoms with van der Waals surface area (Å²) < 4.78 is 10.8. The molecule has 4 rings (SSSR count). The third kappa shape index (κ3) is 3.58. The number of hydrogen-bond acceptors (Lipinski definition) is 6. The van der Waals surface area contributed by atoms with Crippen molar-refractivity contribution >= 4 is 23.5 Å². The molecule has 6 atom stereocenters. The van der Waals surface area contributed by atoms with Gasteiger partial charge < -0.3 is 9.47 Å². The Hall–Kier alpha value is -2.24. The van der Waals surface area contributed by atoms with Gasteiger partial charge in [0.05, 0.1) is 0 Å². The molecule has 0 heterocycles. The van der Waals surface area contributed by atoms with Gasteiger partial charge >= 0.3 is 11.9 Å². The molecule has 0 aliphatic heterocycles. The summed E-state index contributed by atoms with van der Waals surface area (Å²) in [4.78, 5) is 48.7. The van der Waals surface area contributed by atoms with Crippen molar-refractivity contribution in [2.24, 2.45) is 28.6 Å². The van der Waals surface area contributed by atoms with E-state index < -0.39 is 11.5 Å². The van der Waals surface area contributed by atoms with Crippen LogP contribution in [0.3, 0.4) is 0 Å². The van der Waals surface area contributed by atoms with Gasteiger partial charge in [-0.05, 0) is 60.7 Å². The van der Waals surface area contributed by atoms with E-state index in [2.05, 4.69) is 13.8 Å². The topological polar surface area (TPSA) is 86.7 Å². The SMILES string of the molecule is CC(=O)OCC=C1C(OC(C)=O)C[C@H]2[C@@H]3CCC4=CC(=O)CC[C@]4(C)[C@H]3C(=O)C[C@]12C. The number of hydrogen-bond donors (Lipinski definition) is 0. The Morgan fingerprint density at radius 2 is 1.87 bits per heavy atom. The van der Waals surface area contributed by atoms with E-state index in [1.54, 1.807) is 6.08 Å². The smallest absolute Gasteiger partial charge is 0.303 e. The van der Waals surface area contributed by atoms with Crippen LogP contribution in [0.15, 0.2) is 23.3 Å². The lowest BCUT2D eigenvalue weighted by molar-refractivity contribution is -0.146. The molecule has 1 unspecified atom stereocenters. The van der Waals surface area contributed by atoms with Crippen LogP contribution in [0.4, 0.5) is 0 Å². The average molecular weight is 429 g/mol. The number of Topliss-reactive ketones (excluding diaryl/α,β-unsaturated/α-hetero) is 1. The van der Waals surface area contributed by atoms with Gasteiger partial charge in [-0.1, -0.05) is 19.4 Å². The van der Waals surface area contributed by atoms with Crippen LogP contribution in [0.1, 0.15) is 66.2 Å². The molecule has 3 saturated carbocycles. The molecule has 0 aromatic heterocycles. The van der Waals surface area contributed by atoms with E-state index in [1.807, 2.05) is 6.08 Å². The second-order valence-electron chi connectivity index (χ2n) is 10.2. The van der Waals surface area contributed by atoms with Gasteiger partial charge in [0.25, 0.3) is 0 Å². The summed E-state index contributed by atoms with van der Waals surface area (Å²) >= 11 is 0. The zero-order valence-corrected chi connectivity index (χ0v) is 18.9. The van der Waals surface area contributed by atoms with Gasteiger partial charge in [0.2, 0.25) is 0 Å². The first kappa shape index (κ1) is 22.0. The molecule has 4 aliphatic carbocycles. The fraction of sp³-hybridized carbons (Fsp3) is 0.680. The Bertz CT molecular complexity index is 898. The number of rotatable bonds is 3. The molecule has 0 aromatic carbocycles. The molecule has 3 fully saturated rings. The van der Waals surface area contributed by atoms with Crippen molar-refractivity contribution in [2.75, 3.05) is 6.61 Å². The molecule has 0 spiro atoms. The number of carbonyl (C=O) groups excluding carboxylic acids is 4. The Morgan fingerprint density at radius 1 is 1.13 bits per heavy atom. The van der Waals surface area contributed by atoms with Crippen molar-refractivity contribution in [3.05, 3.63) is 23.3 Å². The first-order valence-electron chi connectivity index (χ1n) is 11.3. The maximum Gasteiger partial charge on any atom is 0.303 e. The van der Waals surface area contributed by atoms with Crippen LogP contribution in [-0.2, 0) is 28.7 Å². The number of esters is 2. The summed E-state index contributed by atoms with van der Waals surface area (Å²) in [6.45, 7) is 7.14. The number of ketones is 2. The standard InChI is InChI=1S/C25H32O6/c1-14(26)30-10-8-19-22(31-15(2)27)12-20-18-6-5-16-11-17(28)7-9-24(16,3)23(18)21(29)13-25(19,20)4/h8,11,18,20,22-23H,5-7,9-10,12-13H2,1-4H3/t18-,20-,22?,23+,24-,25+/m0/s1. The van der Waals surface area contributed by atoms with E-state index in [1.165, 1.54) is 13.8 Å². The highest BCUT2D eigenvalue weighted by Crippen LogP contribution is 2.65. The molecular formula is C25H32O6. The second-order valence-corrected chi connectivity index (χ2v) is 10.2. The lowest BCUT2D eigenvalue weighted by Gasteiger charge is -2.56. The van der Waals surface area contributed by atoms with Crippen LogP contribution in [0.5, 0.6) is 0 Å². The van der Waals surface area contributed by atoms with Crippen LogP contribution >= 0.6 is 0 Å². The monoisotopic (exact) mass is 428 g/mol. The quantitative estimate of drug-likeness (QED) is 0.503. The average Bonchev–Trinajstić information content (AvgIpc) is 2.92. The van der Waals surface area contributed by atoms with Gasteiger partial charge in [0.1, 0.15) is 18.5 Å². The van der Waals surface area contributed by atoms with Crippen LogP contribution < -0.4 is 0 Å². The fourth-order valence-corrected chi connectivity index (χ4v) is 7.15. The summed E-state index contributed by atoms with van der Waals surface area (Å²) in [5.74, 6) is 0.00770. The molecule has 0 saturated heterocycles. The van der Waals surface area contributed by atoms with Crippen molar-refractivity contribution < 1.29 is 28.7 Å². The van der Waals surface area contributed by atoms with Crippen molar-refractivity contribution in [3.8, 4) is 0 Å². The number of ether oxygens (including phenoxy) is 2. The summed E-state index contributed by atoms with van der Waals surface area (Å²) in [5, 5.41) is 0. The van der Waals surface area contributed by atoms with Gasteiger partial charge in [-0.2, -0.15) is 0 Å². The normalized spacial score (nSPS) is 40.5. The minimum atomic E-state index is -0.416. The zero-order valence-electron chi connectivity index (χ0n) is 18.9. The van der Waals surface area contributed by atoms with Gasteiger partial charge in [-0.3, -0.25) is 19.2 Å². The van der Waals surface area contributed by atoms with E-state index in [0.29, 0.717) is 19.3 Å².